The van der Waals surface area contributed by atoms with Crippen LogP contribution in [-0.2, 0) is 25.6 Å². The summed E-state index contributed by atoms with van der Waals surface area (Å²) in [5.41, 5.74) is 0.818. The van der Waals surface area contributed by atoms with Crippen molar-refractivity contribution in [3.63, 3.8) is 0 Å². The fourth-order valence-electron chi connectivity index (χ4n) is 3.14. The molecular weight excluding hydrogens is 376 g/mol. The Morgan fingerprint density at radius 2 is 1.61 bits per heavy atom. The smallest absolute Gasteiger partial charge is 0.187 e. The molecule has 9 atom stereocenters. The summed E-state index contributed by atoms with van der Waals surface area (Å²) in [5.74, 6) is 0. The summed E-state index contributed by atoms with van der Waals surface area (Å²) in [6.45, 7) is -0.741. The Morgan fingerprint density at radius 1 is 0.893 bits per heavy atom. The van der Waals surface area contributed by atoms with Crippen LogP contribution >= 0.6 is 0 Å². The molecule has 2 aliphatic rings. The van der Waals surface area contributed by atoms with Crippen LogP contribution in [-0.4, -0.2) is 99.2 Å². The van der Waals surface area contributed by atoms with E-state index < -0.39 is 61.9 Å². The average molecular weight is 402 g/mol. The van der Waals surface area contributed by atoms with Crippen molar-refractivity contribution in [2.75, 3.05) is 13.2 Å². The number of hydrogen-bond donors (Lipinski definition) is 6. The second-order valence-corrected chi connectivity index (χ2v) is 6.85. The number of rotatable bonds is 6. The van der Waals surface area contributed by atoms with E-state index in [1.165, 1.54) is 0 Å². The zero-order valence-corrected chi connectivity index (χ0v) is 15.0. The van der Waals surface area contributed by atoms with Gasteiger partial charge in [-0.1, -0.05) is 30.3 Å². The molecule has 158 valence electrons. The fourth-order valence-corrected chi connectivity index (χ4v) is 3.14. The molecule has 28 heavy (non-hydrogen) atoms. The molecule has 0 unspecified atom stereocenters. The van der Waals surface area contributed by atoms with E-state index in [2.05, 4.69) is 0 Å². The lowest BCUT2D eigenvalue weighted by molar-refractivity contribution is -0.358. The SMILES string of the molecule is OC[C@H]1O[C@@H](OCc2ccccc2)[C@H](O[C@@H]2OC[C@@H](O)[C@H](O)[C@H]2O)[C@@H](O)[C@@H]1O. The monoisotopic (exact) mass is 402 g/mol. The number of aliphatic hydroxyl groups excluding tert-OH is 6. The Hall–Kier alpha value is -1.18. The first-order chi connectivity index (χ1) is 13.4. The van der Waals surface area contributed by atoms with Crippen molar-refractivity contribution < 1.29 is 49.6 Å². The molecule has 0 amide bonds. The van der Waals surface area contributed by atoms with E-state index in [0.29, 0.717) is 0 Å². The molecule has 10 nitrogen and oxygen atoms in total. The first-order valence-corrected chi connectivity index (χ1v) is 9.01. The lowest BCUT2D eigenvalue weighted by Crippen LogP contribution is -2.63. The molecular formula is C18H26O10. The fraction of sp³-hybridized carbons (Fsp3) is 0.667. The first kappa shape index (κ1) is 21.5. The Morgan fingerprint density at radius 3 is 2.29 bits per heavy atom. The van der Waals surface area contributed by atoms with E-state index in [1.807, 2.05) is 30.3 Å². The van der Waals surface area contributed by atoms with E-state index in [0.717, 1.165) is 5.56 Å². The van der Waals surface area contributed by atoms with E-state index in [4.69, 9.17) is 18.9 Å². The molecule has 2 heterocycles. The van der Waals surface area contributed by atoms with Crippen LogP contribution in [0, 0.1) is 0 Å². The minimum atomic E-state index is -1.58. The molecule has 2 saturated heterocycles. The summed E-state index contributed by atoms with van der Waals surface area (Å²) in [4.78, 5) is 0. The van der Waals surface area contributed by atoms with Gasteiger partial charge in [0, 0.05) is 0 Å². The molecule has 0 spiro atoms. The van der Waals surface area contributed by atoms with Gasteiger partial charge in [0.2, 0.25) is 0 Å². The molecule has 1 aromatic carbocycles. The number of aliphatic hydroxyl groups is 6. The largest absolute Gasteiger partial charge is 0.394 e. The van der Waals surface area contributed by atoms with Gasteiger partial charge in [-0.3, -0.25) is 0 Å². The third kappa shape index (κ3) is 4.69. The van der Waals surface area contributed by atoms with Crippen molar-refractivity contribution in [3.8, 4) is 0 Å². The van der Waals surface area contributed by atoms with Crippen LogP contribution < -0.4 is 0 Å². The Labute approximate surface area is 161 Å². The maximum absolute atomic E-state index is 10.4. The molecule has 1 aromatic rings. The molecule has 2 fully saturated rings. The van der Waals surface area contributed by atoms with Crippen molar-refractivity contribution in [2.45, 2.75) is 61.9 Å². The Bertz CT molecular complexity index is 601. The molecule has 0 aliphatic carbocycles. The van der Waals surface area contributed by atoms with Gasteiger partial charge in [0.25, 0.3) is 0 Å². The molecule has 6 N–H and O–H groups in total. The van der Waals surface area contributed by atoms with Crippen LogP contribution in [0.15, 0.2) is 30.3 Å². The highest BCUT2D eigenvalue weighted by Gasteiger charge is 2.49. The quantitative estimate of drug-likeness (QED) is 0.300. The van der Waals surface area contributed by atoms with Gasteiger partial charge in [-0.05, 0) is 5.56 Å². The number of benzene rings is 1. The summed E-state index contributed by atoms with van der Waals surface area (Å²) in [6.07, 6.45) is -12.3. The van der Waals surface area contributed by atoms with Crippen LogP contribution in [0.25, 0.3) is 0 Å². The van der Waals surface area contributed by atoms with E-state index in [1.54, 1.807) is 0 Å². The standard InChI is InChI=1S/C18H26O10/c19-6-11-13(22)14(23)16(28-17-15(24)12(21)10(20)8-26-17)18(27-11)25-7-9-4-2-1-3-5-9/h1-5,10-24H,6-8H2/t10-,11-,12+,13-,14+,15-,16-,17+,18-/m1/s1. The second kappa shape index (κ2) is 9.55. The molecule has 0 radical (unpaired) electrons. The molecule has 2 aliphatic heterocycles. The zero-order chi connectivity index (χ0) is 20.3. The highest BCUT2D eigenvalue weighted by atomic mass is 16.7. The van der Waals surface area contributed by atoms with Crippen molar-refractivity contribution in [2.24, 2.45) is 0 Å². The minimum absolute atomic E-state index is 0.0990. The molecule has 10 heteroatoms. The second-order valence-electron chi connectivity index (χ2n) is 6.85. The van der Waals surface area contributed by atoms with Crippen LogP contribution in [0.3, 0.4) is 0 Å². The van der Waals surface area contributed by atoms with Gasteiger partial charge < -0.3 is 49.6 Å². The third-order valence-corrected chi connectivity index (χ3v) is 4.83. The van der Waals surface area contributed by atoms with Crippen molar-refractivity contribution in [1.82, 2.24) is 0 Å². The van der Waals surface area contributed by atoms with Gasteiger partial charge in [0.15, 0.2) is 12.6 Å². The van der Waals surface area contributed by atoms with Crippen molar-refractivity contribution in [1.29, 1.82) is 0 Å². The Kier molecular flexibility index (Phi) is 7.34. The normalized spacial score (nSPS) is 41.7. The number of ether oxygens (including phenoxy) is 4. The van der Waals surface area contributed by atoms with Gasteiger partial charge in [-0.25, -0.2) is 0 Å². The third-order valence-electron chi connectivity index (χ3n) is 4.83. The maximum atomic E-state index is 10.4. The molecule has 0 saturated carbocycles. The van der Waals surface area contributed by atoms with Crippen LogP contribution in [0.4, 0.5) is 0 Å². The summed E-state index contributed by atoms with van der Waals surface area (Å²) < 4.78 is 21.9. The summed E-state index contributed by atoms with van der Waals surface area (Å²) >= 11 is 0. The lowest BCUT2D eigenvalue weighted by atomic mass is 9.98. The van der Waals surface area contributed by atoms with Crippen LogP contribution in [0.1, 0.15) is 5.56 Å². The number of hydrogen-bond acceptors (Lipinski definition) is 10. The van der Waals surface area contributed by atoms with Gasteiger partial charge >= 0.3 is 0 Å². The predicted molar refractivity (Wildman–Crippen MR) is 91.6 cm³/mol. The maximum Gasteiger partial charge on any atom is 0.187 e. The van der Waals surface area contributed by atoms with Gasteiger partial charge in [0.05, 0.1) is 19.8 Å². The minimum Gasteiger partial charge on any atom is -0.394 e. The van der Waals surface area contributed by atoms with Crippen LogP contribution in [0.2, 0.25) is 0 Å². The first-order valence-electron chi connectivity index (χ1n) is 9.01. The highest BCUT2D eigenvalue weighted by molar-refractivity contribution is 5.13. The average Bonchev–Trinajstić information content (AvgIpc) is 2.71. The zero-order valence-electron chi connectivity index (χ0n) is 15.0. The summed E-state index contributed by atoms with van der Waals surface area (Å²) in [7, 11) is 0. The summed E-state index contributed by atoms with van der Waals surface area (Å²) in [6, 6.07) is 9.12. The Balaban J connectivity index is 1.72. The van der Waals surface area contributed by atoms with E-state index in [9.17, 15) is 30.6 Å². The molecule has 0 aromatic heterocycles. The van der Waals surface area contributed by atoms with E-state index in [-0.39, 0.29) is 13.2 Å². The lowest BCUT2D eigenvalue weighted by Gasteiger charge is -2.44. The van der Waals surface area contributed by atoms with Gasteiger partial charge in [-0.2, -0.15) is 0 Å². The molecule has 3 rings (SSSR count). The highest BCUT2D eigenvalue weighted by Crippen LogP contribution is 2.28. The van der Waals surface area contributed by atoms with Gasteiger partial charge in [-0.15, -0.1) is 0 Å². The summed E-state index contributed by atoms with van der Waals surface area (Å²) in [5, 5.41) is 59.4. The van der Waals surface area contributed by atoms with Gasteiger partial charge in [0.1, 0.15) is 42.7 Å². The molecule has 0 bridgehead atoms. The predicted octanol–water partition coefficient (Wildman–Crippen LogP) is -2.53. The topological polar surface area (TPSA) is 158 Å². The van der Waals surface area contributed by atoms with Crippen molar-refractivity contribution in [3.05, 3.63) is 35.9 Å². The van der Waals surface area contributed by atoms with Crippen LogP contribution in [0.5, 0.6) is 0 Å². The van der Waals surface area contributed by atoms with Crippen molar-refractivity contribution >= 4 is 0 Å². The van der Waals surface area contributed by atoms with E-state index >= 15 is 0 Å².